The van der Waals surface area contributed by atoms with Gasteiger partial charge in [0.1, 0.15) is 0 Å². The summed E-state index contributed by atoms with van der Waals surface area (Å²) in [6.07, 6.45) is 16.1. The minimum absolute atomic E-state index is 0. The summed E-state index contributed by atoms with van der Waals surface area (Å²) in [4.78, 5) is 0. The average Bonchev–Trinajstić information content (AvgIpc) is 2.56. The molecule has 0 amide bonds. The molecule has 0 heterocycles. The van der Waals surface area contributed by atoms with Crippen LogP contribution >= 0.6 is 19.7 Å². The molecule has 0 unspecified atom stereocenters. The fourth-order valence-corrected chi connectivity index (χ4v) is 8.29. The maximum atomic E-state index is 3.86. The summed E-state index contributed by atoms with van der Waals surface area (Å²) in [5.41, 5.74) is 2.80. The second kappa shape index (κ2) is 13.0. The fraction of sp³-hybridized carbons (Fsp3) is 0.619. The Morgan fingerprint density at radius 2 is 1.26 bits per heavy atom. The first-order valence-corrected chi connectivity index (χ1v) is 11.8. The predicted molar refractivity (Wildman–Crippen MR) is 114 cm³/mol. The van der Waals surface area contributed by atoms with E-state index in [1.165, 1.54) is 68.7 Å². The highest BCUT2D eigenvalue weighted by Crippen LogP contribution is 2.63. The maximum Gasteiger partial charge on any atom is -0.0106 e. The number of unbranched alkanes of at least 4 members (excludes halogenated alkanes) is 3. The van der Waals surface area contributed by atoms with E-state index in [0.717, 1.165) is 0 Å². The molecule has 1 rings (SSSR count). The Kier molecular flexibility index (Phi) is 12.8. The normalized spacial score (nSPS) is 11.1. The van der Waals surface area contributed by atoms with Gasteiger partial charge in [0.15, 0.2) is 0 Å². The lowest BCUT2D eigenvalue weighted by atomic mass is 10.1. The molecule has 1 aromatic rings. The van der Waals surface area contributed by atoms with Gasteiger partial charge in [-0.3, -0.25) is 0 Å². The van der Waals surface area contributed by atoms with Gasteiger partial charge in [0.25, 0.3) is 0 Å². The molecule has 0 bridgehead atoms. The van der Waals surface area contributed by atoms with Crippen LogP contribution in [0.1, 0.15) is 70.4 Å². The topological polar surface area (TPSA) is 0 Å². The van der Waals surface area contributed by atoms with Crippen LogP contribution in [0.2, 0.25) is 0 Å². The first-order chi connectivity index (χ1) is 10.7. The number of hydrogen-bond donors (Lipinski definition) is 0. The zero-order valence-electron chi connectivity index (χ0n) is 15.5. The van der Waals surface area contributed by atoms with Crippen molar-refractivity contribution in [3.63, 3.8) is 0 Å². The summed E-state index contributed by atoms with van der Waals surface area (Å²) < 4.78 is 0. The molecule has 0 nitrogen and oxygen atoms in total. The Morgan fingerprint density at radius 3 is 1.61 bits per heavy atom. The number of hydrogen-bond acceptors (Lipinski definition) is 0. The first kappa shape index (κ1) is 22.7. The molecule has 1 aromatic carbocycles. The van der Waals surface area contributed by atoms with E-state index < -0.39 is 7.26 Å². The van der Waals surface area contributed by atoms with Gasteiger partial charge in [-0.1, -0.05) is 77.0 Å². The third-order valence-corrected chi connectivity index (χ3v) is 9.52. The van der Waals surface area contributed by atoms with Crippen molar-refractivity contribution in [1.29, 1.82) is 0 Å². The molecule has 0 aliphatic rings. The Morgan fingerprint density at radius 1 is 0.826 bits per heavy atom. The molecule has 0 saturated heterocycles. The summed E-state index contributed by atoms with van der Waals surface area (Å²) in [5, 5.41) is 0. The lowest BCUT2D eigenvalue weighted by Gasteiger charge is -2.37. The largest absolute Gasteiger partial charge is 0.147 e. The van der Waals surface area contributed by atoms with Crippen LogP contribution in [0.4, 0.5) is 0 Å². The summed E-state index contributed by atoms with van der Waals surface area (Å²) in [5.74, 6) is 0. The van der Waals surface area contributed by atoms with E-state index in [1.807, 2.05) is 6.08 Å². The Bertz CT molecular complexity index is 389. The Balaban J connectivity index is 0.00000484. The van der Waals surface area contributed by atoms with Gasteiger partial charge in [-0.25, -0.2) is 0 Å². The van der Waals surface area contributed by atoms with Crippen molar-refractivity contribution in [3.05, 3.63) is 42.0 Å². The van der Waals surface area contributed by atoms with Crippen LogP contribution in [0.25, 0.3) is 6.08 Å². The summed E-state index contributed by atoms with van der Waals surface area (Å²) in [6, 6.07) is 9.15. The van der Waals surface area contributed by atoms with Gasteiger partial charge >= 0.3 is 0 Å². The van der Waals surface area contributed by atoms with E-state index in [9.17, 15) is 0 Å². The summed E-state index contributed by atoms with van der Waals surface area (Å²) in [7, 11) is -0.817. The highest BCUT2D eigenvalue weighted by Gasteiger charge is 2.26. The van der Waals surface area contributed by atoms with Crippen molar-refractivity contribution in [2.75, 3.05) is 18.5 Å². The molecule has 0 aliphatic heterocycles. The third-order valence-electron chi connectivity index (χ3n) is 4.69. The van der Waals surface area contributed by atoms with Gasteiger partial charge in [-0.2, -0.15) is 0 Å². The molecule has 0 N–H and O–H groups in total. The zero-order valence-corrected chi connectivity index (χ0v) is 17.2. The minimum Gasteiger partial charge on any atom is -0.147 e. The lowest BCUT2D eigenvalue weighted by molar-refractivity contribution is 0.832. The molecule has 0 fully saturated rings. The highest BCUT2D eigenvalue weighted by molar-refractivity contribution is 7.75. The van der Waals surface area contributed by atoms with Crippen LogP contribution in [0.5, 0.6) is 0 Å². The summed E-state index contributed by atoms with van der Waals surface area (Å²) >= 11 is 0. The average molecular weight is 356 g/mol. The van der Waals surface area contributed by atoms with Crippen LogP contribution in [0, 0.1) is 0 Å². The van der Waals surface area contributed by atoms with Gasteiger partial charge in [0.05, 0.1) is 0 Å². The first-order valence-electron chi connectivity index (χ1n) is 9.26. The van der Waals surface area contributed by atoms with Crippen molar-refractivity contribution in [3.8, 4) is 0 Å². The quantitative estimate of drug-likeness (QED) is 0.337. The van der Waals surface area contributed by atoms with Gasteiger partial charge in [-0.05, 0) is 55.0 Å². The number of halogens is 1. The molecule has 0 spiro atoms. The molecule has 0 saturated carbocycles. The number of benzene rings is 1. The van der Waals surface area contributed by atoms with Gasteiger partial charge in [0.2, 0.25) is 0 Å². The van der Waals surface area contributed by atoms with E-state index >= 15 is 0 Å². The predicted octanol–water partition coefficient (Wildman–Crippen LogP) is 7.67. The Labute approximate surface area is 151 Å². The van der Waals surface area contributed by atoms with Crippen molar-refractivity contribution in [1.82, 2.24) is 0 Å². The summed E-state index contributed by atoms with van der Waals surface area (Å²) in [6.45, 7) is 10.9. The lowest BCUT2D eigenvalue weighted by Crippen LogP contribution is -2.11. The minimum atomic E-state index is -0.817. The van der Waals surface area contributed by atoms with Crippen molar-refractivity contribution < 1.29 is 0 Å². The molecule has 1 radical (unpaired) electrons. The Hall–Kier alpha value is -0.320. The second-order valence-electron chi connectivity index (χ2n) is 6.68. The molecular weight excluding hydrogens is 319 g/mol. The second-order valence-corrected chi connectivity index (χ2v) is 11.0. The van der Waals surface area contributed by atoms with E-state index in [0.29, 0.717) is 0 Å². The van der Waals surface area contributed by atoms with Crippen LogP contribution in [-0.4, -0.2) is 18.5 Å². The molecule has 0 aliphatic carbocycles. The van der Waals surface area contributed by atoms with Gasteiger partial charge in [-0.15, -0.1) is 19.7 Å². The monoisotopic (exact) mass is 355 g/mol. The SMILES string of the molecule is C=Cc1ccc(C[P](CCCC)(CCCC)CCCC)cc1.Cl. The smallest absolute Gasteiger partial charge is 0.0106 e. The van der Waals surface area contributed by atoms with E-state index in [4.69, 9.17) is 0 Å². The maximum absolute atomic E-state index is 3.86. The van der Waals surface area contributed by atoms with E-state index in [2.05, 4.69) is 51.6 Å². The molecule has 2 heteroatoms. The van der Waals surface area contributed by atoms with E-state index in [1.54, 1.807) is 5.56 Å². The van der Waals surface area contributed by atoms with Gasteiger partial charge in [0, 0.05) is 0 Å². The fourth-order valence-electron chi connectivity index (χ4n) is 3.20. The molecular formula is C21H37ClP. The van der Waals surface area contributed by atoms with Crippen molar-refractivity contribution in [2.45, 2.75) is 65.5 Å². The van der Waals surface area contributed by atoms with Gasteiger partial charge < -0.3 is 0 Å². The molecule has 0 atom stereocenters. The molecule has 0 aromatic heterocycles. The van der Waals surface area contributed by atoms with Crippen LogP contribution in [0.15, 0.2) is 30.8 Å². The van der Waals surface area contributed by atoms with Crippen molar-refractivity contribution >= 4 is 25.7 Å². The standard InChI is InChI=1S/C21H36P.ClH/c1-5-9-16-22(17-10-6-2,18-11-7-3)19-21-14-12-20(8-4)13-15-21;/h8,12-15H,4-7,9-11,16-19H2,1-3H3;1H. The van der Waals surface area contributed by atoms with E-state index in [-0.39, 0.29) is 12.4 Å². The zero-order chi connectivity index (χ0) is 16.3. The number of rotatable bonds is 12. The van der Waals surface area contributed by atoms with Crippen LogP contribution in [0.3, 0.4) is 0 Å². The van der Waals surface area contributed by atoms with Crippen molar-refractivity contribution in [2.24, 2.45) is 0 Å². The highest BCUT2D eigenvalue weighted by atomic mass is 35.5. The molecule has 23 heavy (non-hydrogen) atoms. The molecule has 133 valence electrons. The third kappa shape index (κ3) is 8.37. The van der Waals surface area contributed by atoms with Crippen LogP contribution < -0.4 is 0 Å². The van der Waals surface area contributed by atoms with Crippen LogP contribution in [-0.2, 0) is 6.16 Å².